The molecule has 9 N–H and O–H groups in total. The number of fused-ring (bicyclic) bond motifs is 5. The van der Waals surface area contributed by atoms with Crippen molar-refractivity contribution in [1.82, 2.24) is 48.1 Å². The summed E-state index contributed by atoms with van der Waals surface area (Å²) in [6.07, 6.45) is 1.50. The third-order valence-corrected chi connectivity index (χ3v) is 6.26. The molecular formula is C22H44N12O3. The normalized spacial score (nSPS) is 25.4. The molecule has 3 amide bonds. The molecule has 0 saturated carbocycles. The Morgan fingerprint density at radius 2 is 1.30 bits per heavy atom. The van der Waals surface area contributed by atoms with Crippen molar-refractivity contribution in [3.8, 4) is 0 Å². The van der Waals surface area contributed by atoms with Crippen LogP contribution < -0.4 is 48.1 Å². The molecule has 0 aliphatic carbocycles. The van der Waals surface area contributed by atoms with Crippen LogP contribution in [0.2, 0.25) is 0 Å². The highest BCUT2D eigenvalue weighted by Crippen LogP contribution is 2.07. The van der Waals surface area contributed by atoms with E-state index in [1.165, 1.54) is 6.92 Å². The monoisotopic (exact) mass is 524 g/mol. The van der Waals surface area contributed by atoms with E-state index in [-0.39, 0.29) is 30.6 Å². The minimum Gasteiger partial charge on any atom is -0.356 e. The number of hydrogen-bond acceptors (Lipinski definition) is 10. The van der Waals surface area contributed by atoms with Gasteiger partial charge in [-0.3, -0.25) is 25.2 Å². The third kappa shape index (κ3) is 12.5. The number of carbonyl (C=O) groups is 3. The van der Waals surface area contributed by atoms with E-state index in [1.807, 2.05) is 0 Å². The van der Waals surface area contributed by atoms with Gasteiger partial charge in [-0.1, -0.05) is 5.11 Å². The second-order valence-electron chi connectivity index (χ2n) is 9.72. The molecule has 0 atom stereocenters. The van der Waals surface area contributed by atoms with Crippen LogP contribution in [0.5, 0.6) is 0 Å². The van der Waals surface area contributed by atoms with Crippen molar-refractivity contribution in [2.45, 2.75) is 43.7 Å². The fraction of sp³-hybridized carbons (Fsp3) is 0.864. The highest BCUT2D eigenvalue weighted by atomic mass is 16.2. The molecule has 37 heavy (non-hydrogen) atoms. The Bertz CT molecular complexity index is 758. The lowest BCUT2D eigenvalue weighted by Gasteiger charge is -2.40. The number of hydrazine groups is 1. The molecule has 2 saturated heterocycles. The number of amides is 3. The number of carbonyl (C=O) groups excluding carboxylic acids is 3. The van der Waals surface area contributed by atoms with E-state index in [4.69, 9.17) is 5.53 Å². The average molecular weight is 525 g/mol. The van der Waals surface area contributed by atoms with Gasteiger partial charge in [-0.05, 0) is 18.4 Å². The van der Waals surface area contributed by atoms with E-state index >= 15 is 0 Å². The van der Waals surface area contributed by atoms with E-state index in [9.17, 15) is 14.4 Å². The van der Waals surface area contributed by atoms with E-state index < -0.39 is 11.1 Å². The summed E-state index contributed by atoms with van der Waals surface area (Å²) in [7, 11) is 0. The van der Waals surface area contributed by atoms with Gasteiger partial charge in [0.1, 0.15) is 0 Å². The van der Waals surface area contributed by atoms with Gasteiger partial charge in [0.2, 0.25) is 17.7 Å². The quantitative estimate of drug-likeness (QED) is 0.0624. The van der Waals surface area contributed by atoms with Gasteiger partial charge in [-0.15, -0.1) is 0 Å². The minimum atomic E-state index is -0.608. The Morgan fingerprint density at radius 3 is 1.81 bits per heavy atom. The average Bonchev–Trinajstić information content (AvgIpc) is 2.84. The molecular weight excluding hydrogens is 480 g/mol. The fourth-order valence-corrected chi connectivity index (χ4v) is 4.42. The molecule has 0 aromatic rings. The SMILES string of the molecule is CC(=O)N[C@]12CNCCNC[C@](NC(=O)CCCC(=O)NCCCN=[N+]=[N-])(CNCCNC1)CNNC2. The number of hydrogen-bond donors (Lipinski definition) is 9. The van der Waals surface area contributed by atoms with Crippen molar-refractivity contribution >= 4 is 17.7 Å². The standard InChI is InChI=1S/C22H44N12O3/c1-18(35)32-21-12-24-8-10-26-14-22(17-31-30-16-21,15-27-11-9-25-13-21)33-20(37)5-2-4-19(36)28-6-3-7-29-34-23/h24-27,30-31H,2-17H2,1H3,(H,28,36)(H,32,35)(H,33,37)/t21-,22+. The highest BCUT2D eigenvalue weighted by molar-refractivity contribution is 5.79. The second kappa shape index (κ2) is 17.1. The van der Waals surface area contributed by atoms with Crippen molar-refractivity contribution in [1.29, 1.82) is 0 Å². The van der Waals surface area contributed by atoms with Crippen LogP contribution >= 0.6 is 0 Å². The molecule has 0 unspecified atom stereocenters. The Hall–Kier alpha value is -2.52. The third-order valence-electron chi connectivity index (χ3n) is 6.26. The summed E-state index contributed by atoms with van der Waals surface area (Å²) in [6.45, 7) is 8.40. The first-order valence-corrected chi connectivity index (χ1v) is 13.0. The molecule has 210 valence electrons. The number of nitrogens with zero attached hydrogens (tertiary/aromatic N) is 3. The maximum absolute atomic E-state index is 12.9. The van der Waals surface area contributed by atoms with Gasteiger partial charge < -0.3 is 37.2 Å². The van der Waals surface area contributed by atoms with Crippen molar-refractivity contribution in [2.75, 3.05) is 78.5 Å². The molecule has 2 bridgehead atoms. The van der Waals surface area contributed by atoms with Crippen LogP contribution in [0.4, 0.5) is 0 Å². The van der Waals surface area contributed by atoms with Crippen molar-refractivity contribution in [3.63, 3.8) is 0 Å². The zero-order valence-electron chi connectivity index (χ0n) is 21.9. The number of nitrogens with one attached hydrogen (secondary N) is 9. The predicted molar refractivity (Wildman–Crippen MR) is 140 cm³/mol. The molecule has 2 aliphatic rings. The van der Waals surface area contributed by atoms with Crippen LogP contribution in [0.25, 0.3) is 10.4 Å². The molecule has 0 spiro atoms. The summed E-state index contributed by atoms with van der Waals surface area (Å²) in [5.74, 6) is -0.338. The lowest BCUT2D eigenvalue weighted by molar-refractivity contribution is -0.124. The Balaban J connectivity index is 1.95. The topological polar surface area (TPSA) is 208 Å². The van der Waals surface area contributed by atoms with Gasteiger partial charge >= 0.3 is 0 Å². The Kier molecular flexibility index (Phi) is 14.2. The van der Waals surface area contributed by atoms with Crippen LogP contribution in [0.15, 0.2) is 5.11 Å². The Labute approximate surface area is 218 Å². The largest absolute Gasteiger partial charge is 0.356 e. The maximum atomic E-state index is 12.9. The van der Waals surface area contributed by atoms with E-state index in [0.717, 1.165) is 0 Å². The number of azide groups is 1. The molecule has 2 aliphatic heterocycles. The first kappa shape index (κ1) is 30.7. The van der Waals surface area contributed by atoms with Crippen LogP contribution in [-0.2, 0) is 14.4 Å². The molecule has 15 heteroatoms. The van der Waals surface area contributed by atoms with Crippen molar-refractivity contribution in [3.05, 3.63) is 10.4 Å². The van der Waals surface area contributed by atoms with Crippen molar-refractivity contribution < 1.29 is 14.4 Å². The van der Waals surface area contributed by atoms with Crippen LogP contribution in [0.1, 0.15) is 32.6 Å². The van der Waals surface area contributed by atoms with Crippen LogP contribution in [-0.4, -0.2) is 107 Å². The molecule has 0 aromatic heterocycles. The molecule has 2 fully saturated rings. The summed E-state index contributed by atoms with van der Waals surface area (Å²) in [4.78, 5) is 39.5. The lowest BCUT2D eigenvalue weighted by atomic mass is 9.96. The molecule has 15 nitrogen and oxygen atoms in total. The first-order valence-electron chi connectivity index (χ1n) is 13.0. The van der Waals surface area contributed by atoms with Gasteiger partial charge in [-0.2, -0.15) is 0 Å². The minimum absolute atomic E-state index is 0.0933. The van der Waals surface area contributed by atoms with Crippen LogP contribution in [0, 0.1) is 0 Å². The van der Waals surface area contributed by atoms with Gasteiger partial charge in [0.25, 0.3) is 0 Å². The zero-order chi connectivity index (χ0) is 26.8. The maximum Gasteiger partial charge on any atom is 0.220 e. The first-order chi connectivity index (χ1) is 17.9. The van der Waals surface area contributed by atoms with Gasteiger partial charge in [-0.25, -0.2) is 0 Å². The van der Waals surface area contributed by atoms with Gasteiger partial charge in [0.15, 0.2) is 0 Å². The lowest BCUT2D eigenvalue weighted by Crippen LogP contribution is -2.70. The summed E-state index contributed by atoms with van der Waals surface area (Å²) in [5.41, 5.74) is 13.7. The van der Waals surface area contributed by atoms with Gasteiger partial charge in [0.05, 0.1) is 11.1 Å². The Morgan fingerprint density at radius 1 is 0.784 bits per heavy atom. The smallest absolute Gasteiger partial charge is 0.220 e. The van der Waals surface area contributed by atoms with Gasteiger partial charge in [0, 0.05) is 103 Å². The van der Waals surface area contributed by atoms with E-state index in [2.05, 4.69) is 58.1 Å². The summed E-state index contributed by atoms with van der Waals surface area (Å²) >= 11 is 0. The van der Waals surface area contributed by atoms with E-state index in [1.54, 1.807) is 0 Å². The van der Waals surface area contributed by atoms with Crippen LogP contribution in [0.3, 0.4) is 0 Å². The summed E-state index contributed by atoms with van der Waals surface area (Å²) in [5, 5.41) is 26.2. The number of rotatable bonds is 10. The van der Waals surface area contributed by atoms with E-state index in [0.29, 0.717) is 91.4 Å². The fourth-order valence-electron chi connectivity index (χ4n) is 4.42. The summed E-state index contributed by atoms with van der Waals surface area (Å²) in [6, 6.07) is 0. The predicted octanol–water partition coefficient (Wildman–Crippen LogP) is -2.82. The second-order valence-corrected chi connectivity index (χ2v) is 9.72. The zero-order valence-corrected chi connectivity index (χ0v) is 21.9. The molecule has 0 aromatic carbocycles. The highest BCUT2D eigenvalue weighted by Gasteiger charge is 2.34. The molecule has 2 rings (SSSR count). The molecule has 2 heterocycles. The summed E-state index contributed by atoms with van der Waals surface area (Å²) < 4.78 is 0. The van der Waals surface area contributed by atoms with Crippen molar-refractivity contribution in [2.24, 2.45) is 5.11 Å². The molecule has 0 radical (unpaired) electrons.